The van der Waals surface area contributed by atoms with Crippen LogP contribution in [0.3, 0.4) is 0 Å². The zero-order valence-electron chi connectivity index (χ0n) is 13.0. The number of aromatic nitrogens is 4. The molecule has 0 saturated heterocycles. The van der Waals surface area contributed by atoms with Gasteiger partial charge in [-0.1, -0.05) is 12.1 Å². The SMILES string of the molecule is C[C@H](NC(=O)C1(Cn2ccnc2)CC1)c1nc2ccccc2[nH]1. The molecule has 0 unspecified atom stereocenters. The van der Waals surface area contributed by atoms with E-state index in [1.807, 2.05) is 42.0 Å². The summed E-state index contributed by atoms with van der Waals surface area (Å²) >= 11 is 0. The number of amides is 1. The maximum Gasteiger partial charge on any atom is 0.228 e. The molecule has 2 aromatic heterocycles. The van der Waals surface area contributed by atoms with E-state index in [1.165, 1.54) is 0 Å². The molecule has 2 heterocycles. The molecule has 4 rings (SSSR count). The van der Waals surface area contributed by atoms with Crippen LogP contribution in [0.25, 0.3) is 11.0 Å². The summed E-state index contributed by atoms with van der Waals surface area (Å²) in [5.74, 6) is 0.886. The van der Waals surface area contributed by atoms with Crippen LogP contribution < -0.4 is 5.32 Å². The molecule has 6 nitrogen and oxygen atoms in total. The predicted molar refractivity (Wildman–Crippen MR) is 86.5 cm³/mol. The van der Waals surface area contributed by atoms with E-state index in [4.69, 9.17) is 0 Å². The molecule has 0 aliphatic heterocycles. The molecule has 1 atom stereocenters. The van der Waals surface area contributed by atoms with Gasteiger partial charge in [0.2, 0.25) is 5.91 Å². The Morgan fingerprint density at radius 1 is 1.43 bits per heavy atom. The van der Waals surface area contributed by atoms with Crippen molar-refractivity contribution in [1.82, 2.24) is 24.8 Å². The summed E-state index contributed by atoms with van der Waals surface area (Å²) < 4.78 is 1.97. The van der Waals surface area contributed by atoms with Gasteiger partial charge in [0.15, 0.2) is 0 Å². The molecule has 1 aliphatic rings. The Kier molecular flexibility index (Phi) is 3.18. The van der Waals surface area contributed by atoms with Crippen molar-refractivity contribution in [2.24, 2.45) is 5.41 Å². The summed E-state index contributed by atoms with van der Waals surface area (Å²) in [6.45, 7) is 2.65. The van der Waals surface area contributed by atoms with Gasteiger partial charge in [0.05, 0.1) is 28.8 Å². The zero-order valence-corrected chi connectivity index (χ0v) is 13.0. The molecule has 1 amide bonds. The monoisotopic (exact) mass is 309 g/mol. The fraction of sp³-hybridized carbons (Fsp3) is 0.353. The third kappa shape index (κ3) is 2.60. The van der Waals surface area contributed by atoms with Gasteiger partial charge in [-0.15, -0.1) is 0 Å². The fourth-order valence-electron chi connectivity index (χ4n) is 2.93. The Morgan fingerprint density at radius 3 is 2.96 bits per heavy atom. The van der Waals surface area contributed by atoms with Crippen LogP contribution in [0.5, 0.6) is 0 Å². The Hall–Kier alpha value is -2.63. The number of nitrogens with one attached hydrogen (secondary N) is 2. The third-order valence-electron chi connectivity index (χ3n) is 4.55. The van der Waals surface area contributed by atoms with Crippen molar-refractivity contribution in [2.45, 2.75) is 32.4 Å². The summed E-state index contributed by atoms with van der Waals surface area (Å²) in [6, 6.07) is 7.74. The third-order valence-corrected chi connectivity index (χ3v) is 4.55. The number of para-hydroxylation sites is 2. The molecule has 23 heavy (non-hydrogen) atoms. The first-order valence-corrected chi connectivity index (χ1v) is 7.88. The van der Waals surface area contributed by atoms with Crippen LogP contribution in [0.4, 0.5) is 0 Å². The average molecular weight is 309 g/mol. The van der Waals surface area contributed by atoms with Gasteiger partial charge in [-0.3, -0.25) is 4.79 Å². The molecule has 0 spiro atoms. The number of benzene rings is 1. The maximum atomic E-state index is 12.7. The molecule has 1 saturated carbocycles. The van der Waals surface area contributed by atoms with E-state index in [2.05, 4.69) is 20.3 Å². The van der Waals surface area contributed by atoms with E-state index in [0.29, 0.717) is 6.54 Å². The maximum absolute atomic E-state index is 12.7. The number of imidazole rings is 2. The largest absolute Gasteiger partial charge is 0.346 e. The van der Waals surface area contributed by atoms with E-state index in [1.54, 1.807) is 12.5 Å². The van der Waals surface area contributed by atoms with Crippen molar-refractivity contribution in [1.29, 1.82) is 0 Å². The second-order valence-corrected chi connectivity index (χ2v) is 6.35. The molecule has 1 aliphatic carbocycles. The molecule has 118 valence electrons. The first-order chi connectivity index (χ1) is 11.2. The van der Waals surface area contributed by atoms with Gasteiger partial charge in [-0.2, -0.15) is 0 Å². The lowest BCUT2D eigenvalue weighted by Gasteiger charge is -2.19. The lowest BCUT2D eigenvalue weighted by atomic mass is 10.1. The van der Waals surface area contributed by atoms with Gasteiger partial charge in [-0.05, 0) is 31.9 Å². The molecule has 1 fully saturated rings. The standard InChI is InChI=1S/C17H19N5O/c1-12(15-20-13-4-2-3-5-14(13)21-15)19-16(23)17(6-7-17)10-22-9-8-18-11-22/h2-5,8-9,11-12H,6-7,10H2,1H3,(H,19,23)(H,20,21)/t12-/m0/s1. The minimum Gasteiger partial charge on any atom is -0.346 e. The number of H-pyrrole nitrogens is 1. The van der Waals surface area contributed by atoms with Gasteiger partial charge >= 0.3 is 0 Å². The molecule has 3 aromatic rings. The summed E-state index contributed by atoms with van der Waals surface area (Å²) in [5.41, 5.74) is 1.62. The Labute approximate surface area is 133 Å². The molecular formula is C17H19N5O. The molecule has 0 radical (unpaired) electrons. The van der Waals surface area contributed by atoms with Crippen LogP contribution in [-0.2, 0) is 11.3 Å². The summed E-state index contributed by atoms with van der Waals surface area (Å²) in [5, 5.41) is 3.11. The van der Waals surface area contributed by atoms with Gasteiger partial charge in [0.25, 0.3) is 0 Å². The molecule has 2 N–H and O–H groups in total. The van der Waals surface area contributed by atoms with Crippen LogP contribution >= 0.6 is 0 Å². The number of hydrogen-bond acceptors (Lipinski definition) is 3. The van der Waals surface area contributed by atoms with Crippen molar-refractivity contribution in [2.75, 3.05) is 0 Å². The van der Waals surface area contributed by atoms with Gasteiger partial charge in [0, 0.05) is 18.9 Å². The number of carbonyl (C=O) groups is 1. The van der Waals surface area contributed by atoms with Crippen LogP contribution in [-0.4, -0.2) is 25.4 Å². The molecule has 1 aromatic carbocycles. The molecule has 6 heteroatoms. The van der Waals surface area contributed by atoms with E-state index < -0.39 is 0 Å². The fourth-order valence-corrected chi connectivity index (χ4v) is 2.93. The average Bonchev–Trinajstić information content (AvgIpc) is 2.98. The first-order valence-electron chi connectivity index (χ1n) is 7.88. The van der Waals surface area contributed by atoms with Crippen LogP contribution in [0.15, 0.2) is 43.0 Å². The minimum atomic E-state index is -0.291. The van der Waals surface area contributed by atoms with Crippen LogP contribution in [0, 0.1) is 5.41 Å². The smallest absolute Gasteiger partial charge is 0.228 e. The highest BCUT2D eigenvalue weighted by Gasteiger charge is 2.50. The zero-order chi connectivity index (χ0) is 15.9. The quantitative estimate of drug-likeness (QED) is 0.760. The van der Waals surface area contributed by atoms with E-state index >= 15 is 0 Å². The highest BCUT2D eigenvalue weighted by atomic mass is 16.2. The first kappa shape index (κ1) is 14.0. The number of fused-ring (bicyclic) bond motifs is 1. The van der Waals surface area contributed by atoms with Crippen LogP contribution in [0.2, 0.25) is 0 Å². The number of nitrogens with zero attached hydrogens (tertiary/aromatic N) is 3. The Morgan fingerprint density at radius 2 is 2.26 bits per heavy atom. The highest BCUT2D eigenvalue weighted by molar-refractivity contribution is 5.85. The topological polar surface area (TPSA) is 75.6 Å². The van der Waals surface area contributed by atoms with Crippen molar-refractivity contribution in [3.8, 4) is 0 Å². The second-order valence-electron chi connectivity index (χ2n) is 6.35. The van der Waals surface area contributed by atoms with Crippen molar-refractivity contribution in [3.63, 3.8) is 0 Å². The van der Waals surface area contributed by atoms with Crippen molar-refractivity contribution < 1.29 is 4.79 Å². The number of aromatic amines is 1. The predicted octanol–water partition coefficient (Wildman–Crippen LogP) is 2.42. The minimum absolute atomic E-state index is 0.0964. The lowest BCUT2D eigenvalue weighted by Crippen LogP contribution is -2.36. The van der Waals surface area contributed by atoms with Gasteiger partial charge in [-0.25, -0.2) is 9.97 Å². The number of rotatable bonds is 5. The lowest BCUT2D eigenvalue weighted by molar-refractivity contribution is -0.127. The Balaban J connectivity index is 1.47. The van der Waals surface area contributed by atoms with Crippen molar-refractivity contribution >= 4 is 16.9 Å². The molecular weight excluding hydrogens is 290 g/mol. The summed E-state index contributed by atoms with van der Waals surface area (Å²) in [6.07, 6.45) is 7.24. The molecule has 0 bridgehead atoms. The van der Waals surface area contributed by atoms with E-state index in [9.17, 15) is 4.79 Å². The van der Waals surface area contributed by atoms with Crippen molar-refractivity contribution in [3.05, 3.63) is 48.8 Å². The van der Waals surface area contributed by atoms with Gasteiger partial charge < -0.3 is 14.9 Å². The summed E-state index contributed by atoms with van der Waals surface area (Å²) in [4.78, 5) is 24.5. The van der Waals surface area contributed by atoms with E-state index in [0.717, 1.165) is 29.7 Å². The van der Waals surface area contributed by atoms with E-state index in [-0.39, 0.29) is 17.4 Å². The highest BCUT2D eigenvalue weighted by Crippen LogP contribution is 2.47. The van der Waals surface area contributed by atoms with Crippen LogP contribution in [0.1, 0.15) is 31.6 Å². The van der Waals surface area contributed by atoms with Gasteiger partial charge in [0.1, 0.15) is 5.82 Å². The number of hydrogen-bond donors (Lipinski definition) is 2. The normalized spacial score (nSPS) is 17.1. The second kappa shape index (κ2) is 5.22. The number of carbonyl (C=O) groups excluding carboxylic acids is 1. The summed E-state index contributed by atoms with van der Waals surface area (Å²) in [7, 11) is 0. The Bertz CT molecular complexity index is 799.